The molecule has 2 aliphatic heterocycles. The molecule has 12 heteroatoms. The van der Waals surface area contributed by atoms with E-state index in [4.69, 9.17) is 39.8 Å². The van der Waals surface area contributed by atoms with Crippen LogP contribution in [0.4, 0.5) is 17.1 Å². The van der Waals surface area contributed by atoms with Crippen LogP contribution in [0, 0.1) is 10.1 Å². The number of furan rings is 1. The molecule has 0 unspecified atom stereocenters. The number of benzene rings is 2. The lowest BCUT2D eigenvalue weighted by atomic mass is 10.1. The van der Waals surface area contributed by atoms with Crippen molar-refractivity contribution in [2.75, 3.05) is 49.1 Å². The molecule has 0 atom stereocenters. The minimum atomic E-state index is -0.435. The fourth-order valence-electron chi connectivity index (χ4n) is 4.92. The van der Waals surface area contributed by atoms with E-state index in [0.717, 1.165) is 38.0 Å². The van der Waals surface area contributed by atoms with E-state index >= 15 is 0 Å². The second-order valence-corrected chi connectivity index (χ2v) is 10.7. The highest BCUT2D eigenvalue weighted by Crippen LogP contribution is 2.35. The van der Waals surface area contributed by atoms with Gasteiger partial charge in [0, 0.05) is 56.6 Å². The molecule has 2 saturated heterocycles. The Labute approximate surface area is 241 Å². The van der Waals surface area contributed by atoms with Crippen LogP contribution < -0.4 is 15.1 Å². The number of anilines is 2. The summed E-state index contributed by atoms with van der Waals surface area (Å²) in [6.45, 7) is 4.18. The number of nitro groups is 1. The zero-order valence-corrected chi connectivity index (χ0v) is 23.4. The molecule has 1 N–H and O–H groups in total. The molecular weight excluding hydrogens is 561 g/mol. The van der Waals surface area contributed by atoms with Gasteiger partial charge in [-0.3, -0.25) is 20.2 Å². The number of piperazine rings is 1. The van der Waals surface area contributed by atoms with Crippen LogP contribution in [-0.2, 0) is 0 Å². The summed E-state index contributed by atoms with van der Waals surface area (Å²) in [6.07, 6.45) is 3.23. The Hall–Kier alpha value is -3.34. The highest BCUT2D eigenvalue weighted by atomic mass is 35.5. The summed E-state index contributed by atoms with van der Waals surface area (Å²) in [6, 6.07) is 13.7. The third-order valence-corrected chi connectivity index (χ3v) is 8.14. The minimum absolute atomic E-state index is 0.133. The first-order valence-electron chi connectivity index (χ1n) is 12.7. The Kier molecular flexibility index (Phi) is 8.25. The van der Waals surface area contributed by atoms with Gasteiger partial charge in [-0.2, -0.15) is 0 Å². The highest BCUT2D eigenvalue weighted by molar-refractivity contribution is 7.80. The topological polar surface area (TPSA) is 95.1 Å². The molecule has 2 aromatic carbocycles. The van der Waals surface area contributed by atoms with Crippen molar-refractivity contribution >= 4 is 63.5 Å². The number of halogens is 2. The van der Waals surface area contributed by atoms with Crippen LogP contribution in [0.2, 0.25) is 10.0 Å². The molecule has 3 aromatic rings. The summed E-state index contributed by atoms with van der Waals surface area (Å²) in [5.74, 6) is 0.189. The predicted molar refractivity (Wildman–Crippen MR) is 157 cm³/mol. The lowest BCUT2D eigenvalue weighted by Crippen LogP contribution is -2.52. The summed E-state index contributed by atoms with van der Waals surface area (Å²) in [5, 5.41) is 15.6. The number of nitro benzene ring substituents is 1. The molecule has 3 heterocycles. The third-order valence-electron chi connectivity index (χ3n) is 7.04. The zero-order chi connectivity index (χ0) is 27.5. The molecule has 0 radical (unpaired) electrons. The first-order valence-corrected chi connectivity index (χ1v) is 13.9. The first kappa shape index (κ1) is 27.2. The quantitative estimate of drug-likeness (QED) is 0.221. The minimum Gasteiger partial charge on any atom is -0.451 e. The summed E-state index contributed by atoms with van der Waals surface area (Å²) in [7, 11) is 0. The number of thiocarbonyl (C=S) groups is 1. The van der Waals surface area contributed by atoms with E-state index in [-0.39, 0.29) is 16.4 Å². The Morgan fingerprint density at radius 1 is 0.897 bits per heavy atom. The maximum atomic E-state index is 12.8. The number of hydrogen-bond acceptors (Lipinski definition) is 7. The molecule has 204 valence electrons. The van der Waals surface area contributed by atoms with Gasteiger partial charge in [-0.25, -0.2) is 0 Å². The van der Waals surface area contributed by atoms with Crippen LogP contribution in [0.5, 0.6) is 0 Å². The number of rotatable bonds is 5. The Balaban J connectivity index is 1.19. The Morgan fingerprint density at radius 2 is 1.64 bits per heavy atom. The number of amides is 1. The number of carbonyl (C=O) groups excluding carboxylic acids is 1. The Bertz CT molecular complexity index is 1400. The maximum absolute atomic E-state index is 12.8. The van der Waals surface area contributed by atoms with Gasteiger partial charge in [0.1, 0.15) is 11.4 Å². The van der Waals surface area contributed by atoms with Gasteiger partial charge in [0.25, 0.3) is 11.6 Å². The van der Waals surface area contributed by atoms with Crippen molar-refractivity contribution in [1.29, 1.82) is 0 Å². The smallest absolute Gasteiger partial charge is 0.293 e. The first-order chi connectivity index (χ1) is 18.8. The molecule has 0 aliphatic carbocycles. The average molecular weight is 589 g/mol. The van der Waals surface area contributed by atoms with Crippen LogP contribution in [0.1, 0.15) is 29.8 Å². The van der Waals surface area contributed by atoms with E-state index in [1.54, 1.807) is 36.4 Å². The summed E-state index contributed by atoms with van der Waals surface area (Å²) < 4.78 is 5.73. The number of hydrogen-bond donors (Lipinski definition) is 1. The van der Waals surface area contributed by atoms with E-state index in [0.29, 0.717) is 58.3 Å². The number of nitrogens with zero attached hydrogens (tertiary/aromatic N) is 4. The van der Waals surface area contributed by atoms with Crippen molar-refractivity contribution < 1.29 is 14.1 Å². The number of carbonyl (C=O) groups is 1. The second kappa shape index (κ2) is 11.8. The van der Waals surface area contributed by atoms with Crippen LogP contribution in [0.15, 0.2) is 52.9 Å². The molecule has 0 spiro atoms. The van der Waals surface area contributed by atoms with Gasteiger partial charge in [-0.05, 0) is 73.9 Å². The molecule has 1 amide bonds. The summed E-state index contributed by atoms with van der Waals surface area (Å²) >= 11 is 17.6. The van der Waals surface area contributed by atoms with Crippen molar-refractivity contribution in [1.82, 2.24) is 10.2 Å². The normalized spacial score (nSPS) is 15.8. The summed E-state index contributed by atoms with van der Waals surface area (Å²) in [5.41, 5.74) is 2.47. The van der Waals surface area contributed by atoms with Crippen molar-refractivity contribution in [2.24, 2.45) is 0 Å². The van der Waals surface area contributed by atoms with Gasteiger partial charge in [0.2, 0.25) is 0 Å². The standard InChI is InChI=1S/C27H27Cl2N5O4S/c28-20-6-4-18(16-21(20)29)24-8-9-25(38-24)26(35)30-27(39)33-14-12-31(13-15-33)19-5-7-22(34(36)37)23(17-19)32-10-2-1-3-11-32/h4-9,16-17H,1-3,10-15H2,(H,30,35,39). The molecular formula is C27H27Cl2N5O4S. The van der Waals surface area contributed by atoms with Crippen LogP contribution >= 0.6 is 35.4 Å². The number of nitrogens with one attached hydrogen (secondary N) is 1. The van der Waals surface area contributed by atoms with E-state index in [1.165, 1.54) is 0 Å². The van der Waals surface area contributed by atoms with E-state index in [9.17, 15) is 14.9 Å². The van der Waals surface area contributed by atoms with Gasteiger partial charge in [-0.1, -0.05) is 23.2 Å². The molecule has 39 heavy (non-hydrogen) atoms. The SMILES string of the molecule is O=C(NC(=S)N1CCN(c2ccc([N+](=O)[O-])c(N3CCCCC3)c2)CC1)c1ccc(-c2ccc(Cl)c(Cl)c2)o1. The van der Waals surface area contributed by atoms with Crippen LogP contribution in [0.3, 0.4) is 0 Å². The Morgan fingerprint density at radius 3 is 2.33 bits per heavy atom. The lowest BCUT2D eigenvalue weighted by molar-refractivity contribution is -0.384. The van der Waals surface area contributed by atoms with Gasteiger partial charge in [-0.15, -0.1) is 0 Å². The third kappa shape index (κ3) is 6.13. The van der Waals surface area contributed by atoms with Crippen LogP contribution in [-0.4, -0.2) is 60.1 Å². The van der Waals surface area contributed by atoms with Crippen LogP contribution in [0.25, 0.3) is 11.3 Å². The van der Waals surface area contributed by atoms with Gasteiger partial charge in [0.15, 0.2) is 10.9 Å². The van der Waals surface area contributed by atoms with Gasteiger partial charge in [0.05, 0.1) is 15.0 Å². The van der Waals surface area contributed by atoms with E-state index in [1.807, 2.05) is 17.0 Å². The highest BCUT2D eigenvalue weighted by Gasteiger charge is 2.26. The molecule has 2 fully saturated rings. The molecule has 2 aliphatic rings. The predicted octanol–water partition coefficient (Wildman–Crippen LogP) is 5.99. The fourth-order valence-corrected chi connectivity index (χ4v) is 5.49. The molecule has 0 saturated carbocycles. The number of piperidine rings is 1. The van der Waals surface area contributed by atoms with Crippen molar-refractivity contribution in [2.45, 2.75) is 19.3 Å². The summed E-state index contributed by atoms with van der Waals surface area (Å²) in [4.78, 5) is 30.4. The van der Waals surface area contributed by atoms with E-state index in [2.05, 4.69) is 15.1 Å². The largest absolute Gasteiger partial charge is 0.451 e. The zero-order valence-electron chi connectivity index (χ0n) is 21.1. The maximum Gasteiger partial charge on any atom is 0.293 e. The average Bonchev–Trinajstić information content (AvgIpc) is 3.45. The second-order valence-electron chi connectivity index (χ2n) is 9.50. The molecule has 9 nitrogen and oxygen atoms in total. The van der Waals surface area contributed by atoms with Gasteiger partial charge < -0.3 is 19.1 Å². The van der Waals surface area contributed by atoms with Crippen molar-refractivity contribution in [3.05, 3.63) is 74.5 Å². The van der Waals surface area contributed by atoms with Gasteiger partial charge >= 0.3 is 0 Å². The molecule has 0 bridgehead atoms. The molecule has 1 aromatic heterocycles. The van der Waals surface area contributed by atoms with Crippen molar-refractivity contribution in [3.8, 4) is 11.3 Å². The van der Waals surface area contributed by atoms with E-state index < -0.39 is 5.91 Å². The van der Waals surface area contributed by atoms with Crippen molar-refractivity contribution in [3.63, 3.8) is 0 Å². The molecule has 5 rings (SSSR count). The lowest BCUT2D eigenvalue weighted by Gasteiger charge is -2.37. The fraction of sp³-hybridized carbons (Fsp3) is 0.333. The monoisotopic (exact) mass is 587 g/mol.